The molecule has 7 unspecified atom stereocenters. The van der Waals surface area contributed by atoms with Crippen LogP contribution in [0.1, 0.15) is 309 Å². The van der Waals surface area contributed by atoms with Crippen molar-refractivity contribution in [1.29, 1.82) is 0 Å². The van der Waals surface area contributed by atoms with Gasteiger partial charge in [-0.3, -0.25) is 4.79 Å². The minimum atomic E-state index is -1.55. The van der Waals surface area contributed by atoms with Crippen LogP contribution in [0, 0.1) is 0 Å². The summed E-state index contributed by atoms with van der Waals surface area (Å²) in [4.78, 5) is 13.1. The molecule has 0 saturated carbocycles. The van der Waals surface area contributed by atoms with Gasteiger partial charge in [-0.2, -0.15) is 0 Å². The molecule has 400 valence electrons. The van der Waals surface area contributed by atoms with Crippen LogP contribution in [-0.4, -0.2) is 87.5 Å². The van der Waals surface area contributed by atoms with E-state index in [0.717, 1.165) is 38.5 Å². The average molecular weight is 955 g/mol. The molecule has 1 heterocycles. The molecule has 7 atom stereocenters. The summed E-state index contributed by atoms with van der Waals surface area (Å²) in [5.41, 5.74) is 0. The molecule has 67 heavy (non-hydrogen) atoms. The third-order valence-electron chi connectivity index (χ3n) is 14.7. The van der Waals surface area contributed by atoms with Gasteiger partial charge in [-0.15, -0.1) is 0 Å². The molecular weight excluding hydrogens is 839 g/mol. The molecule has 6 N–H and O–H groups in total. The van der Waals surface area contributed by atoms with Crippen LogP contribution in [0.2, 0.25) is 0 Å². The Bertz CT molecular complexity index is 1020. The van der Waals surface area contributed by atoms with E-state index in [-0.39, 0.29) is 12.5 Å². The second-order valence-corrected chi connectivity index (χ2v) is 21.2. The molecule has 1 fully saturated rings. The van der Waals surface area contributed by atoms with Crippen molar-refractivity contribution in [2.45, 2.75) is 352 Å². The van der Waals surface area contributed by atoms with Gasteiger partial charge >= 0.3 is 0 Å². The molecule has 0 bridgehead atoms. The van der Waals surface area contributed by atoms with Crippen LogP contribution in [0.3, 0.4) is 0 Å². The van der Waals surface area contributed by atoms with E-state index >= 15 is 0 Å². The van der Waals surface area contributed by atoms with E-state index in [1.807, 2.05) is 0 Å². The number of nitrogens with one attached hydrogen (secondary N) is 1. The van der Waals surface area contributed by atoms with E-state index in [2.05, 4.69) is 19.2 Å². The van der Waals surface area contributed by atoms with Gasteiger partial charge < -0.3 is 40.3 Å². The Hall–Kier alpha value is -0.810. The van der Waals surface area contributed by atoms with Crippen LogP contribution in [0.25, 0.3) is 0 Å². The number of unbranched alkanes of at least 4 members (excludes halogenated alkanes) is 42. The predicted molar refractivity (Wildman–Crippen MR) is 281 cm³/mol. The maximum absolute atomic E-state index is 13.1. The number of hydrogen-bond acceptors (Lipinski definition) is 8. The summed E-state index contributed by atoms with van der Waals surface area (Å²) in [7, 11) is 0. The number of carbonyl (C=O) groups is 1. The number of amides is 1. The van der Waals surface area contributed by atoms with Crippen molar-refractivity contribution < 1.29 is 39.8 Å². The van der Waals surface area contributed by atoms with E-state index in [1.54, 1.807) is 0 Å². The van der Waals surface area contributed by atoms with E-state index < -0.39 is 49.5 Å². The lowest BCUT2D eigenvalue weighted by Crippen LogP contribution is -2.60. The molecule has 0 spiro atoms. The second kappa shape index (κ2) is 48.8. The molecule has 0 aliphatic carbocycles. The molecular formula is C58H115NO8. The first-order valence-electron chi connectivity index (χ1n) is 29.7. The minimum absolute atomic E-state index is 0.131. The number of carbonyl (C=O) groups excluding carboxylic acids is 1. The van der Waals surface area contributed by atoms with E-state index in [4.69, 9.17) is 9.47 Å². The Balaban J connectivity index is 2.12. The smallest absolute Gasteiger partial charge is 0.220 e. The Kier molecular flexibility index (Phi) is 46.8. The molecule has 1 aliphatic rings. The van der Waals surface area contributed by atoms with Crippen molar-refractivity contribution in [3.8, 4) is 0 Å². The van der Waals surface area contributed by atoms with Crippen molar-refractivity contribution >= 4 is 5.91 Å². The van der Waals surface area contributed by atoms with Gasteiger partial charge in [0.15, 0.2) is 6.29 Å². The molecule has 0 aromatic rings. The largest absolute Gasteiger partial charge is 0.394 e. The van der Waals surface area contributed by atoms with Crippen LogP contribution in [0.15, 0.2) is 0 Å². The van der Waals surface area contributed by atoms with Crippen molar-refractivity contribution in [2.75, 3.05) is 13.2 Å². The van der Waals surface area contributed by atoms with Gasteiger partial charge in [0.25, 0.3) is 0 Å². The second-order valence-electron chi connectivity index (χ2n) is 21.2. The predicted octanol–water partition coefficient (Wildman–Crippen LogP) is 14.6. The fourth-order valence-electron chi connectivity index (χ4n) is 9.99. The summed E-state index contributed by atoms with van der Waals surface area (Å²) >= 11 is 0. The standard InChI is InChI=1S/C58H115NO8/c1-3-5-7-9-11-13-15-17-19-20-21-22-23-24-25-26-27-28-29-30-31-32-34-36-38-40-42-44-46-48-54(62)59-51(50-66-58-57(65)56(64)55(63)53(49-60)67-58)52(61)47-45-43-41-39-37-35-33-18-16-14-12-10-8-6-4-2/h51-53,55-58,60-61,63-65H,3-50H2,1-2H3,(H,59,62). The normalized spacial score (nSPS) is 19.5. The molecule has 1 aliphatic heterocycles. The van der Waals surface area contributed by atoms with Crippen molar-refractivity contribution in [2.24, 2.45) is 0 Å². The first-order chi connectivity index (χ1) is 32.8. The molecule has 0 aromatic carbocycles. The van der Waals surface area contributed by atoms with Crippen LogP contribution < -0.4 is 5.32 Å². The van der Waals surface area contributed by atoms with Gasteiger partial charge in [0.1, 0.15) is 24.4 Å². The quantitative estimate of drug-likeness (QED) is 0.0330. The maximum atomic E-state index is 13.1. The van der Waals surface area contributed by atoms with Crippen LogP contribution in [0.5, 0.6) is 0 Å². The third kappa shape index (κ3) is 38.5. The topological polar surface area (TPSA) is 149 Å². The fourth-order valence-corrected chi connectivity index (χ4v) is 9.99. The van der Waals surface area contributed by atoms with E-state index in [1.165, 1.54) is 244 Å². The van der Waals surface area contributed by atoms with Gasteiger partial charge in [-0.05, 0) is 12.8 Å². The Morgan fingerprint density at radius 3 is 1.06 bits per heavy atom. The first-order valence-corrected chi connectivity index (χ1v) is 29.7. The summed E-state index contributed by atoms with van der Waals surface area (Å²) < 4.78 is 11.3. The Morgan fingerprint density at radius 2 is 0.746 bits per heavy atom. The summed E-state index contributed by atoms with van der Waals surface area (Å²) in [6.07, 6.45) is 51.5. The molecule has 1 amide bonds. The monoisotopic (exact) mass is 954 g/mol. The van der Waals surface area contributed by atoms with E-state index in [9.17, 15) is 30.3 Å². The van der Waals surface area contributed by atoms with Crippen LogP contribution in [-0.2, 0) is 14.3 Å². The highest BCUT2D eigenvalue weighted by Crippen LogP contribution is 2.23. The molecule has 0 radical (unpaired) electrons. The van der Waals surface area contributed by atoms with Gasteiger partial charge in [-0.1, -0.05) is 290 Å². The van der Waals surface area contributed by atoms with Gasteiger partial charge in [0.2, 0.25) is 5.91 Å². The maximum Gasteiger partial charge on any atom is 0.220 e. The molecule has 1 saturated heterocycles. The highest BCUT2D eigenvalue weighted by molar-refractivity contribution is 5.76. The number of rotatable bonds is 52. The van der Waals surface area contributed by atoms with Crippen molar-refractivity contribution in [1.82, 2.24) is 5.32 Å². The number of aliphatic hydroxyl groups excluding tert-OH is 5. The average Bonchev–Trinajstić information content (AvgIpc) is 3.33. The lowest BCUT2D eigenvalue weighted by atomic mass is 9.99. The molecule has 1 rings (SSSR count). The highest BCUT2D eigenvalue weighted by atomic mass is 16.7. The van der Waals surface area contributed by atoms with Crippen molar-refractivity contribution in [3.05, 3.63) is 0 Å². The molecule has 9 nitrogen and oxygen atoms in total. The zero-order chi connectivity index (χ0) is 48.7. The summed E-state index contributed by atoms with van der Waals surface area (Å²) in [6.45, 7) is 3.88. The van der Waals surface area contributed by atoms with Gasteiger partial charge in [0, 0.05) is 6.42 Å². The minimum Gasteiger partial charge on any atom is -0.394 e. The lowest BCUT2D eigenvalue weighted by Gasteiger charge is -2.40. The summed E-state index contributed by atoms with van der Waals surface area (Å²) in [5, 5.41) is 54.6. The Labute approximate surface area is 414 Å². The molecule has 0 aromatic heterocycles. The van der Waals surface area contributed by atoms with Crippen LogP contribution in [0.4, 0.5) is 0 Å². The molecule has 9 heteroatoms. The van der Waals surface area contributed by atoms with Crippen LogP contribution >= 0.6 is 0 Å². The summed E-state index contributed by atoms with van der Waals surface area (Å²) in [6, 6.07) is -0.713. The Morgan fingerprint density at radius 1 is 0.448 bits per heavy atom. The lowest BCUT2D eigenvalue weighted by molar-refractivity contribution is -0.302. The van der Waals surface area contributed by atoms with Crippen molar-refractivity contribution in [3.63, 3.8) is 0 Å². The van der Waals surface area contributed by atoms with Gasteiger partial charge in [-0.25, -0.2) is 0 Å². The number of hydrogen-bond donors (Lipinski definition) is 6. The summed E-state index contributed by atoms with van der Waals surface area (Å²) in [5.74, 6) is -0.136. The highest BCUT2D eigenvalue weighted by Gasteiger charge is 2.44. The van der Waals surface area contributed by atoms with Gasteiger partial charge in [0.05, 0.1) is 25.4 Å². The fraction of sp³-hybridized carbons (Fsp3) is 0.983. The number of aliphatic hydroxyl groups is 5. The third-order valence-corrected chi connectivity index (χ3v) is 14.7. The SMILES string of the molecule is CCCCCCCCCCCCCCCCCCCCCCCCCCCCCCCC(=O)NC(COC1OC(CO)C(O)C(O)C1O)C(O)CCCCCCCCCCCCCCCCC. The zero-order valence-electron chi connectivity index (χ0n) is 44.4. The number of ether oxygens (including phenoxy) is 2. The first kappa shape index (κ1) is 64.2. The van der Waals surface area contributed by atoms with E-state index in [0.29, 0.717) is 12.8 Å². The zero-order valence-corrected chi connectivity index (χ0v) is 44.4.